The van der Waals surface area contributed by atoms with Crippen LogP contribution in [-0.4, -0.2) is 4.21 Å². The molecule has 0 amide bonds. The second-order valence-corrected chi connectivity index (χ2v) is 5.34. The van der Waals surface area contributed by atoms with Gasteiger partial charge in [-0.15, -0.1) is 0 Å². The van der Waals surface area contributed by atoms with E-state index in [1.165, 1.54) is 0 Å². The molecule has 2 aromatic carbocycles. The van der Waals surface area contributed by atoms with Gasteiger partial charge in [-0.1, -0.05) is 41.4 Å². The maximum atomic E-state index is 12.0. The van der Waals surface area contributed by atoms with Crippen LogP contribution >= 0.6 is 23.2 Å². The second-order valence-electron chi connectivity index (χ2n) is 3.31. The van der Waals surface area contributed by atoms with E-state index in [9.17, 15) is 4.21 Å². The molecule has 0 unspecified atom stereocenters. The van der Waals surface area contributed by atoms with Gasteiger partial charge in [-0.2, -0.15) is 0 Å². The molecule has 0 spiro atoms. The summed E-state index contributed by atoms with van der Waals surface area (Å²) in [7, 11) is -1.35. The van der Waals surface area contributed by atoms with Crippen LogP contribution < -0.4 is 4.72 Å². The third-order valence-corrected chi connectivity index (χ3v) is 3.93. The van der Waals surface area contributed by atoms with Crippen LogP contribution in [0.4, 0.5) is 5.69 Å². The van der Waals surface area contributed by atoms with E-state index in [0.717, 1.165) is 5.69 Å². The summed E-state index contributed by atoms with van der Waals surface area (Å²) < 4.78 is 14.9. The van der Waals surface area contributed by atoms with Crippen LogP contribution in [0.25, 0.3) is 0 Å². The number of hydrogen-bond acceptors (Lipinski definition) is 1. The summed E-state index contributed by atoms with van der Waals surface area (Å²) in [5.41, 5.74) is 0.789. The molecule has 88 valence electrons. The zero-order chi connectivity index (χ0) is 12.3. The zero-order valence-electron chi connectivity index (χ0n) is 8.69. The fourth-order valence-electron chi connectivity index (χ4n) is 1.26. The predicted octanol–water partition coefficient (Wildman–Crippen LogP) is 4.13. The van der Waals surface area contributed by atoms with E-state index in [1.807, 2.05) is 30.3 Å². The first-order valence-electron chi connectivity index (χ1n) is 4.85. The molecular formula is C12H9Cl2NOS. The third kappa shape index (κ3) is 3.22. The highest BCUT2D eigenvalue weighted by Crippen LogP contribution is 2.24. The first kappa shape index (κ1) is 12.4. The van der Waals surface area contributed by atoms with Gasteiger partial charge in [0.2, 0.25) is 0 Å². The number of rotatable bonds is 3. The van der Waals surface area contributed by atoms with Crippen LogP contribution in [0.5, 0.6) is 0 Å². The normalized spacial score (nSPS) is 12.1. The number of para-hydroxylation sites is 1. The standard InChI is InChI=1S/C12H9Cl2NOS/c13-11-7-6-10(8-12(11)14)17(16)15-9-4-2-1-3-5-9/h1-8,15H/t17-/m1/s1. The van der Waals surface area contributed by atoms with Crippen molar-refractivity contribution in [3.63, 3.8) is 0 Å². The molecule has 5 heteroatoms. The average Bonchev–Trinajstić information content (AvgIpc) is 2.34. The maximum Gasteiger partial charge on any atom is 0.150 e. The Morgan fingerprint density at radius 3 is 2.29 bits per heavy atom. The highest BCUT2D eigenvalue weighted by Gasteiger charge is 2.06. The van der Waals surface area contributed by atoms with Crippen molar-refractivity contribution in [2.75, 3.05) is 4.72 Å². The van der Waals surface area contributed by atoms with Crippen molar-refractivity contribution in [2.24, 2.45) is 0 Å². The van der Waals surface area contributed by atoms with Gasteiger partial charge in [0.1, 0.15) is 11.0 Å². The lowest BCUT2D eigenvalue weighted by Gasteiger charge is -2.06. The Labute approximate surface area is 112 Å². The molecule has 0 aliphatic carbocycles. The topological polar surface area (TPSA) is 29.1 Å². The van der Waals surface area contributed by atoms with Gasteiger partial charge < -0.3 is 4.72 Å². The minimum atomic E-state index is -1.35. The molecule has 0 saturated carbocycles. The predicted molar refractivity (Wildman–Crippen MR) is 72.9 cm³/mol. The van der Waals surface area contributed by atoms with Crippen LogP contribution in [0.3, 0.4) is 0 Å². The van der Waals surface area contributed by atoms with Crippen LogP contribution in [-0.2, 0) is 11.0 Å². The molecule has 1 atom stereocenters. The summed E-state index contributed by atoms with van der Waals surface area (Å²) in [4.78, 5) is 0.586. The number of halogens is 2. The summed E-state index contributed by atoms with van der Waals surface area (Å²) in [6, 6.07) is 14.2. The van der Waals surface area contributed by atoms with E-state index in [0.29, 0.717) is 14.9 Å². The molecule has 2 aromatic rings. The fourth-order valence-corrected chi connectivity index (χ4v) is 2.51. The molecule has 0 aromatic heterocycles. The average molecular weight is 286 g/mol. The lowest BCUT2D eigenvalue weighted by molar-refractivity contribution is 0.686. The number of hydrogen-bond donors (Lipinski definition) is 1. The third-order valence-electron chi connectivity index (χ3n) is 2.09. The lowest BCUT2D eigenvalue weighted by Crippen LogP contribution is -2.04. The minimum Gasteiger partial charge on any atom is -0.301 e. The van der Waals surface area contributed by atoms with Crippen molar-refractivity contribution < 1.29 is 4.21 Å². The highest BCUT2D eigenvalue weighted by molar-refractivity contribution is 7.86. The monoisotopic (exact) mass is 285 g/mol. The molecule has 2 nitrogen and oxygen atoms in total. The summed E-state index contributed by atoms with van der Waals surface area (Å²) in [6.45, 7) is 0. The molecular weight excluding hydrogens is 277 g/mol. The lowest BCUT2D eigenvalue weighted by atomic mass is 10.3. The van der Waals surface area contributed by atoms with Gasteiger partial charge in [0.05, 0.1) is 14.9 Å². The maximum absolute atomic E-state index is 12.0. The Morgan fingerprint density at radius 1 is 0.941 bits per heavy atom. The smallest absolute Gasteiger partial charge is 0.150 e. The molecule has 1 N–H and O–H groups in total. The summed E-state index contributed by atoms with van der Waals surface area (Å²) in [6.07, 6.45) is 0. The summed E-state index contributed by atoms with van der Waals surface area (Å²) in [5.74, 6) is 0. The quantitative estimate of drug-likeness (QED) is 0.903. The van der Waals surface area contributed by atoms with E-state index < -0.39 is 11.0 Å². The van der Waals surface area contributed by atoms with Gasteiger partial charge in [0, 0.05) is 5.69 Å². The minimum absolute atomic E-state index is 0.396. The van der Waals surface area contributed by atoms with Crippen molar-refractivity contribution in [2.45, 2.75) is 4.90 Å². The zero-order valence-corrected chi connectivity index (χ0v) is 11.0. The van der Waals surface area contributed by atoms with Crippen molar-refractivity contribution in [1.82, 2.24) is 0 Å². The van der Waals surface area contributed by atoms with Crippen LogP contribution in [0.1, 0.15) is 0 Å². The van der Waals surface area contributed by atoms with E-state index >= 15 is 0 Å². The van der Waals surface area contributed by atoms with E-state index in [4.69, 9.17) is 23.2 Å². The van der Waals surface area contributed by atoms with Gasteiger partial charge in [0.15, 0.2) is 0 Å². The Kier molecular flexibility index (Phi) is 4.05. The van der Waals surface area contributed by atoms with E-state index in [2.05, 4.69) is 4.72 Å². The molecule has 0 heterocycles. The van der Waals surface area contributed by atoms with Crippen molar-refractivity contribution >= 4 is 39.9 Å². The Hall–Kier alpha value is -1.03. The number of nitrogens with one attached hydrogen (secondary N) is 1. The molecule has 17 heavy (non-hydrogen) atoms. The molecule has 0 radical (unpaired) electrons. The van der Waals surface area contributed by atoms with Gasteiger partial charge in [0.25, 0.3) is 0 Å². The summed E-state index contributed by atoms with van der Waals surface area (Å²) >= 11 is 11.7. The van der Waals surface area contributed by atoms with Crippen molar-refractivity contribution in [3.05, 3.63) is 58.6 Å². The molecule has 0 aliphatic heterocycles. The highest BCUT2D eigenvalue weighted by atomic mass is 35.5. The second kappa shape index (κ2) is 5.54. The van der Waals surface area contributed by atoms with Gasteiger partial charge in [-0.05, 0) is 30.3 Å². The van der Waals surface area contributed by atoms with Crippen LogP contribution in [0.15, 0.2) is 53.4 Å². The van der Waals surface area contributed by atoms with Gasteiger partial charge in [-0.25, -0.2) is 4.21 Å². The molecule has 0 fully saturated rings. The Balaban J connectivity index is 2.18. The largest absolute Gasteiger partial charge is 0.301 e. The number of anilines is 1. The van der Waals surface area contributed by atoms with Gasteiger partial charge >= 0.3 is 0 Å². The first-order chi connectivity index (χ1) is 8.16. The molecule has 0 bridgehead atoms. The van der Waals surface area contributed by atoms with Crippen molar-refractivity contribution in [1.29, 1.82) is 0 Å². The SMILES string of the molecule is O=[S@@](Nc1ccccc1)c1ccc(Cl)c(Cl)c1. The Bertz CT molecular complexity index is 545. The number of benzene rings is 2. The molecule has 2 rings (SSSR count). The van der Waals surface area contributed by atoms with E-state index in [1.54, 1.807) is 18.2 Å². The van der Waals surface area contributed by atoms with Gasteiger partial charge in [-0.3, -0.25) is 0 Å². The fraction of sp³-hybridized carbons (Fsp3) is 0. The first-order valence-corrected chi connectivity index (χ1v) is 6.76. The molecule has 0 aliphatic rings. The summed E-state index contributed by atoms with van der Waals surface area (Å²) in [5, 5.41) is 0.847. The van der Waals surface area contributed by atoms with Crippen molar-refractivity contribution in [3.8, 4) is 0 Å². The molecule has 0 saturated heterocycles. The Morgan fingerprint density at radius 2 is 1.65 bits per heavy atom. The van der Waals surface area contributed by atoms with Crippen LogP contribution in [0.2, 0.25) is 10.0 Å². The van der Waals surface area contributed by atoms with Crippen LogP contribution in [0, 0.1) is 0 Å². The van der Waals surface area contributed by atoms with E-state index in [-0.39, 0.29) is 0 Å².